The molecule has 0 radical (unpaired) electrons. The predicted octanol–water partition coefficient (Wildman–Crippen LogP) is 4.22. The van der Waals surface area contributed by atoms with Crippen LogP contribution in [0.4, 0.5) is 33.3 Å². The number of hydrogen-bond acceptors (Lipinski definition) is 5. The largest absolute Gasteiger partial charge is 0.490 e. The molecule has 0 saturated carbocycles. The first-order valence-electron chi connectivity index (χ1n) is 9.55. The molecule has 1 amide bonds. The summed E-state index contributed by atoms with van der Waals surface area (Å²) >= 11 is 0. The van der Waals surface area contributed by atoms with Gasteiger partial charge in [-0.2, -0.15) is 13.2 Å². The highest BCUT2D eigenvalue weighted by molar-refractivity contribution is 7.93. The molecule has 178 valence electrons. The van der Waals surface area contributed by atoms with Crippen LogP contribution in [-0.4, -0.2) is 32.5 Å². The molecule has 34 heavy (non-hydrogen) atoms. The van der Waals surface area contributed by atoms with Crippen LogP contribution in [0.25, 0.3) is 0 Å². The van der Waals surface area contributed by atoms with Gasteiger partial charge in [-0.3, -0.25) is 14.1 Å². The number of nitrogens with zero attached hydrogens (tertiary/aromatic N) is 2. The van der Waals surface area contributed by atoms with Gasteiger partial charge < -0.3 is 10.1 Å². The van der Waals surface area contributed by atoms with Crippen molar-refractivity contribution < 1.29 is 39.9 Å². The Labute approximate surface area is 189 Å². The van der Waals surface area contributed by atoms with Crippen molar-refractivity contribution in [2.24, 2.45) is 0 Å². The van der Waals surface area contributed by atoms with Crippen molar-refractivity contribution in [1.29, 1.82) is 0 Å². The summed E-state index contributed by atoms with van der Waals surface area (Å²) in [5, 5.41) is 2.22. The van der Waals surface area contributed by atoms with E-state index < -0.39 is 49.8 Å². The number of carbonyl (C=O) groups excluding carboxylic acids is 1. The monoisotopic (exact) mass is 499 g/mol. The number of sulfonamides is 1. The van der Waals surface area contributed by atoms with Crippen LogP contribution in [-0.2, 0) is 16.2 Å². The second-order valence-corrected chi connectivity index (χ2v) is 8.89. The maximum absolute atomic E-state index is 13.8. The number of aromatic nitrogens is 1. The third-order valence-electron chi connectivity index (χ3n) is 4.88. The number of halogens is 5. The summed E-state index contributed by atoms with van der Waals surface area (Å²) < 4.78 is 99.2. The van der Waals surface area contributed by atoms with Crippen molar-refractivity contribution in [3.8, 4) is 5.75 Å². The number of carbonyl (C=O) groups is 1. The zero-order chi connectivity index (χ0) is 24.7. The molecule has 1 aromatic heterocycles. The van der Waals surface area contributed by atoms with Crippen LogP contribution >= 0.6 is 0 Å². The molecular weight excluding hydrogens is 485 g/mol. The van der Waals surface area contributed by atoms with Gasteiger partial charge in [-0.05, 0) is 42.5 Å². The average Bonchev–Trinajstić information content (AvgIpc) is 2.89. The topological polar surface area (TPSA) is 88.6 Å². The maximum atomic E-state index is 13.8. The Kier molecular flexibility index (Phi) is 5.89. The Bertz CT molecular complexity index is 1340. The van der Waals surface area contributed by atoms with Crippen molar-refractivity contribution in [1.82, 2.24) is 4.98 Å². The molecule has 7 nitrogen and oxygen atoms in total. The van der Waals surface area contributed by atoms with Crippen molar-refractivity contribution in [2.45, 2.75) is 11.1 Å². The molecule has 13 heteroatoms. The Morgan fingerprint density at radius 1 is 1.03 bits per heavy atom. The van der Waals surface area contributed by atoms with Crippen molar-refractivity contribution >= 4 is 27.3 Å². The van der Waals surface area contributed by atoms with Crippen LogP contribution in [0, 0.1) is 11.6 Å². The van der Waals surface area contributed by atoms with Gasteiger partial charge in [-0.15, -0.1) is 0 Å². The van der Waals surface area contributed by atoms with E-state index in [0.717, 1.165) is 34.6 Å². The molecule has 3 aromatic rings. The Morgan fingerprint density at radius 2 is 1.68 bits per heavy atom. The summed E-state index contributed by atoms with van der Waals surface area (Å²) in [6, 6.07) is 7.10. The number of anilines is 2. The molecule has 0 fully saturated rings. The van der Waals surface area contributed by atoms with Gasteiger partial charge in [0.05, 0.1) is 30.2 Å². The summed E-state index contributed by atoms with van der Waals surface area (Å²) in [5.41, 5.74) is -1.99. The number of hydrogen-bond donors (Lipinski definition) is 1. The summed E-state index contributed by atoms with van der Waals surface area (Å²) in [4.78, 5) is 15.2. The predicted molar refractivity (Wildman–Crippen MR) is 110 cm³/mol. The number of nitrogens with one attached hydrogen (secondary N) is 1. The number of alkyl halides is 3. The molecule has 1 aliphatic heterocycles. The van der Waals surface area contributed by atoms with Crippen molar-refractivity contribution in [3.05, 3.63) is 77.6 Å². The lowest BCUT2D eigenvalue weighted by Crippen LogP contribution is -2.32. The lowest BCUT2D eigenvalue weighted by molar-refractivity contribution is -0.137. The summed E-state index contributed by atoms with van der Waals surface area (Å²) in [6.45, 7) is -0.302. The molecule has 1 N–H and O–H groups in total. The van der Waals surface area contributed by atoms with Gasteiger partial charge in [0.1, 0.15) is 22.8 Å². The van der Waals surface area contributed by atoms with Gasteiger partial charge in [0, 0.05) is 5.69 Å². The Morgan fingerprint density at radius 3 is 2.29 bits per heavy atom. The van der Waals surface area contributed by atoms with Gasteiger partial charge in [-0.25, -0.2) is 17.2 Å². The molecule has 0 atom stereocenters. The number of fused-ring (bicyclic) bond motifs is 1. The van der Waals surface area contributed by atoms with E-state index in [-0.39, 0.29) is 30.3 Å². The quantitative estimate of drug-likeness (QED) is 0.546. The van der Waals surface area contributed by atoms with E-state index in [1.165, 1.54) is 12.1 Å². The molecular formula is C21H14F5N3O4S. The van der Waals surface area contributed by atoms with E-state index in [2.05, 4.69) is 10.3 Å². The highest BCUT2D eigenvalue weighted by Gasteiger charge is 2.34. The summed E-state index contributed by atoms with van der Waals surface area (Å²) in [7, 11) is -4.34. The summed E-state index contributed by atoms with van der Waals surface area (Å²) in [6.07, 6.45) is -3.29. The van der Waals surface area contributed by atoms with E-state index in [4.69, 9.17) is 4.74 Å². The van der Waals surface area contributed by atoms with Crippen LogP contribution in [0.3, 0.4) is 0 Å². The third-order valence-corrected chi connectivity index (χ3v) is 6.73. The van der Waals surface area contributed by atoms with Crippen LogP contribution < -0.4 is 14.4 Å². The van der Waals surface area contributed by atoms with Gasteiger partial charge in [0.2, 0.25) is 0 Å². The lowest BCUT2D eigenvalue weighted by atomic mass is 10.2. The number of pyridine rings is 1. The number of amides is 1. The zero-order valence-corrected chi connectivity index (χ0v) is 17.8. The average molecular weight is 499 g/mol. The third kappa shape index (κ3) is 4.38. The molecule has 2 heterocycles. The van der Waals surface area contributed by atoms with E-state index in [0.29, 0.717) is 12.4 Å². The second-order valence-electron chi connectivity index (χ2n) is 7.06. The lowest BCUT2D eigenvalue weighted by Gasteiger charge is -2.22. The normalized spacial score (nSPS) is 15.1. The zero-order valence-electron chi connectivity index (χ0n) is 16.9. The van der Waals surface area contributed by atoms with E-state index in [9.17, 15) is 35.2 Å². The highest BCUT2D eigenvalue weighted by atomic mass is 32.2. The van der Waals surface area contributed by atoms with Gasteiger partial charge in [-0.1, -0.05) is 0 Å². The van der Waals surface area contributed by atoms with Crippen LogP contribution in [0.5, 0.6) is 5.75 Å². The molecule has 0 aliphatic carbocycles. The maximum Gasteiger partial charge on any atom is 0.416 e. The minimum absolute atomic E-state index is 0.0279. The molecule has 4 rings (SSSR count). The van der Waals surface area contributed by atoms with Crippen molar-refractivity contribution in [3.63, 3.8) is 0 Å². The molecule has 0 saturated heterocycles. The molecule has 1 aliphatic rings. The van der Waals surface area contributed by atoms with E-state index in [1.807, 2.05) is 0 Å². The van der Waals surface area contributed by atoms with Crippen LogP contribution in [0.2, 0.25) is 0 Å². The smallest absolute Gasteiger partial charge is 0.416 e. The fourth-order valence-corrected chi connectivity index (χ4v) is 4.90. The molecule has 0 bridgehead atoms. The fraction of sp³-hybridized carbons (Fsp3) is 0.143. The first-order valence-corrected chi connectivity index (χ1v) is 11.0. The second kappa shape index (κ2) is 8.56. The highest BCUT2D eigenvalue weighted by Crippen LogP contribution is 2.36. The van der Waals surface area contributed by atoms with Crippen molar-refractivity contribution in [2.75, 3.05) is 22.8 Å². The standard InChI is InChI=1S/C21H14F5N3O4S/c22-15-10-27-11-16(23)19(15)20(30)28-13-3-6-17-18(9-13)34(31,32)29(7-8-33-17)14-4-1-12(2-5-14)21(24,25)26/h1-6,9-11H,7-8H2,(H,28,30). The minimum atomic E-state index is -4.59. The van der Waals surface area contributed by atoms with Crippen LogP contribution in [0.1, 0.15) is 15.9 Å². The Balaban J connectivity index is 1.68. The summed E-state index contributed by atoms with van der Waals surface area (Å²) in [5.74, 6) is -3.66. The first-order chi connectivity index (χ1) is 16.0. The SMILES string of the molecule is O=C(Nc1ccc2c(c1)S(=O)(=O)N(c1ccc(C(F)(F)F)cc1)CCO2)c1c(F)cncc1F. The fourth-order valence-electron chi connectivity index (χ4n) is 3.29. The van der Waals surface area contributed by atoms with Gasteiger partial charge in [0.15, 0.2) is 11.6 Å². The van der Waals surface area contributed by atoms with Crippen LogP contribution in [0.15, 0.2) is 59.8 Å². The molecule has 0 spiro atoms. The van der Waals surface area contributed by atoms with E-state index in [1.54, 1.807) is 0 Å². The molecule has 0 unspecified atom stereocenters. The minimum Gasteiger partial charge on any atom is -0.490 e. The number of benzene rings is 2. The number of ether oxygens (including phenoxy) is 1. The number of rotatable bonds is 3. The Hall–Kier alpha value is -3.74. The van der Waals surface area contributed by atoms with Gasteiger partial charge in [0.25, 0.3) is 15.9 Å². The van der Waals surface area contributed by atoms with E-state index >= 15 is 0 Å². The van der Waals surface area contributed by atoms with Gasteiger partial charge >= 0.3 is 6.18 Å². The molecule has 2 aromatic carbocycles. The first kappa shape index (κ1) is 23.4.